The molecule has 0 radical (unpaired) electrons. The highest BCUT2D eigenvalue weighted by Crippen LogP contribution is 2.24. The van der Waals surface area contributed by atoms with E-state index < -0.39 is 10.5 Å². The molecule has 1 aliphatic heterocycles. The Morgan fingerprint density at radius 2 is 2.14 bits per heavy atom. The number of carbonyl (C=O) groups is 1. The summed E-state index contributed by atoms with van der Waals surface area (Å²) >= 11 is 0. The van der Waals surface area contributed by atoms with Crippen LogP contribution in [0.2, 0.25) is 0 Å². The van der Waals surface area contributed by atoms with Gasteiger partial charge in [-0.15, -0.1) is 0 Å². The molecule has 6 nitrogen and oxygen atoms in total. The first-order valence-corrected chi connectivity index (χ1v) is 7.17. The number of likely N-dealkylation sites (N-methyl/N-ethyl adjacent to an activating group) is 1. The average Bonchev–Trinajstić information content (AvgIpc) is 2.47. The molecule has 21 heavy (non-hydrogen) atoms. The number of para-hydroxylation sites is 1. The van der Waals surface area contributed by atoms with Crippen molar-refractivity contribution in [2.45, 2.75) is 38.3 Å². The monoisotopic (exact) mass is 291 g/mol. The van der Waals surface area contributed by atoms with E-state index in [0.717, 1.165) is 25.8 Å². The average molecular weight is 291 g/mol. The lowest BCUT2D eigenvalue weighted by molar-refractivity contribution is -0.385. The zero-order chi connectivity index (χ0) is 15.5. The Bertz CT molecular complexity index is 539. The van der Waals surface area contributed by atoms with E-state index in [2.05, 4.69) is 5.32 Å². The molecule has 1 aliphatic rings. The summed E-state index contributed by atoms with van der Waals surface area (Å²) in [6.07, 6.45) is 2.90. The summed E-state index contributed by atoms with van der Waals surface area (Å²) in [4.78, 5) is 24.8. The molecular formula is C15H21N3O3. The Labute approximate surface area is 124 Å². The lowest BCUT2D eigenvalue weighted by atomic mass is 9.89. The highest BCUT2D eigenvalue weighted by atomic mass is 16.6. The van der Waals surface area contributed by atoms with Crippen LogP contribution in [-0.4, -0.2) is 34.9 Å². The van der Waals surface area contributed by atoms with Crippen molar-refractivity contribution >= 4 is 11.6 Å². The quantitative estimate of drug-likeness (QED) is 0.681. The molecule has 1 amide bonds. The lowest BCUT2D eigenvalue weighted by Gasteiger charge is -2.36. The summed E-state index contributed by atoms with van der Waals surface area (Å²) in [7, 11) is 1.70. The number of nitrogens with zero attached hydrogens (tertiary/aromatic N) is 2. The topological polar surface area (TPSA) is 75.5 Å². The Morgan fingerprint density at radius 1 is 1.43 bits per heavy atom. The largest absolute Gasteiger partial charge is 0.340 e. The Hall–Kier alpha value is -1.95. The third-order valence-corrected chi connectivity index (χ3v) is 4.03. The normalized spacial score (nSPS) is 21.8. The first-order chi connectivity index (χ1) is 9.94. The second kappa shape index (κ2) is 6.22. The smallest absolute Gasteiger partial charge is 0.274 e. The number of nitro groups is 1. The second-order valence-electron chi connectivity index (χ2n) is 5.76. The van der Waals surface area contributed by atoms with Gasteiger partial charge in [-0.1, -0.05) is 18.2 Å². The van der Waals surface area contributed by atoms with E-state index in [-0.39, 0.29) is 18.1 Å². The molecule has 1 aromatic rings. The van der Waals surface area contributed by atoms with Gasteiger partial charge in [0, 0.05) is 18.7 Å². The molecule has 0 aliphatic carbocycles. The highest BCUT2D eigenvalue weighted by Gasteiger charge is 2.36. The molecule has 1 N–H and O–H groups in total. The van der Waals surface area contributed by atoms with Gasteiger partial charge >= 0.3 is 0 Å². The van der Waals surface area contributed by atoms with Crippen LogP contribution >= 0.6 is 0 Å². The Balaban J connectivity index is 2.12. The molecular weight excluding hydrogens is 270 g/mol. The van der Waals surface area contributed by atoms with Gasteiger partial charge in [-0.3, -0.25) is 14.9 Å². The van der Waals surface area contributed by atoms with Gasteiger partial charge in [0.2, 0.25) is 5.91 Å². The fourth-order valence-electron chi connectivity index (χ4n) is 2.81. The molecule has 114 valence electrons. The first-order valence-electron chi connectivity index (χ1n) is 7.17. The van der Waals surface area contributed by atoms with Crippen molar-refractivity contribution < 1.29 is 9.72 Å². The fraction of sp³-hybridized carbons (Fsp3) is 0.533. The maximum atomic E-state index is 12.6. The summed E-state index contributed by atoms with van der Waals surface area (Å²) in [6.45, 7) is 2.99. The molecule has 6 heteroatoms. The second-order valence-corrected chi connectivity index (χ2v) is 5.76. The van der Waals surface area contributed by atoms with E-state index in [0.29, 0.717) is 5.56 Å². The highest BCUT2D eigenvalue weighted by molar-refractivity contribution is 5.86. The summed E-state index contributed by atoms with van der Waals surface area (Å²) in [5.74, 6) is -0.0136. The fourth-order valence-corrected chi connectivity index (χ4v) is 2.81. The molecule has 0 bridgehead atoms. The van der Waals surface area contributed by atoms with Crippen LogP contribution in [0.1, 0.15) is 31.7 Å². The molecule has 0 saturated carbocycles. The van der Waals surface area contributed by atoms with Crippen molar-refractivity contribution in [3.63, 3.8) is 0 Å². The predicted octanol–water partition coefficient (Wildman–Crippen LogP) is 2.09. The molecule has 0 spiro atoms. The van der Waals surface area contributed by atoms with Crippen LogP contribution in [0, 0.1) is 10.1 Å². The minimum Gasteiger partial charge on any atom is -0.340 e. The van der Waals surface area contributed by atoms with Gasteiger partial charge < -0.3 is 10.2 Å². The molecule has 1 unspecified atom stereocenters. The van der Waals surface area contributed by atoms with Gasteiger partial charge in [-0.25, -0.2) is 0 Å². The molecule has 1 atom stereocenters. The number of nitrogens with one attached hydrogen (secondary N) is 1. The summed E-state index contributed by atoms with van der Waals surface area (Å²) < 4.78 is 0. The van der Waals surface area contributed by atoms with Gasteiger partial charge in [0.05, 0.1) is 17.0 Å². The van der Waals surface area contributed by atoms with E-state index in [9.17, 15) is 14.9 Å². The third-order valence-electron chi connectivity index (χ3n) is 4.03. The molecule has 1 fully saturated rings. The number of rotatable bonds is 4. The first kappa shape index (κ1) is 15.4. The van der Waals surface area contributed by atoms with Crippen LogP contribution in [-0.2, 0) is 11.3 Å². The van der Waals surface area contributed by atoms with Crippen molar-refractivity contribution in [1.82, 2.24) is 10.2 Å². The zero-order valence-electron chi connectivity index (χ0n) is 12.5. The number of nitro benzene ring substituents is 1. The number of benzene rings is 1. The third kappa shape index (κ3) is 3.39. The number of hydrogen-bond acceptors (Lipinski definition) is 4. The Kier molecular flexibility index (Phi) is 4.57. The predicted molar refractivity (Wildman–Crippen MR) is 79.8 cm³/mol. The van der Waals surface area contributed by atoms with Crippen LogP contribution in [0.5, 0.6) is 0 Å². The maximum absolute atomic E-state index is 12.6. The number of amides is 1. The summed E-state index contributed by atoms with van der Waals surface area (Å²) in [6, 6.07) is 6.54. The molecule has 1 aromatic carbocycles. The minimum absolute atomic E-state index is 0.0136. The SMILES string of the molecule is CN(Cc1ccccc1[N+](=O)[O-])C(=O)C1(C)CCCCN1. The number of carbonyl (C=O) groups excluding carboxylic acids is 1. The van der Waals surface area contributed by atoms with Crippen molar-refractivity contribution in [3.8, 4) is 0 Å². The van der Waals surface area contributed by atoms with Crippen molar-refractivity contribution in [2.24, 2.45) is 0 Å². The number of piperidine rings is 1. The van der Waals surface area contributed by atoms with Crippen molar-refractivity contribution in [2.75, 3.05) is 13.6 Å². The molecule has 2 rings (SSSR count). The van der Waals surface area contributed by atoms with Crippen molar-refractivity contribution in [1.29, 1.82) is 0 Å². The van der Waals surface area contributed by atoms with Crippen LogP contribution in [0.25, 0.3) is 0 Å². The Morgan fingerprint density at radius 3 is 2.76 bits per heavy atom. The van der Waals surface area contributed by atoms with E-state index in [1.807, 2.05) is 6.92 Å². The number of hydrogen-bond donors (Lipinski definition) is 1. The zero-order valence-corrected chi connectivity index (χ0v) is 12.5. The van der Waals surface area contributed by atoms with Crippen LogP contribution in [0.15, 0.2) is 24.3 Å². The maximum Gasteiger partial charge on any atom is 0.274 e. The lowest BCUT2D eigenvalue weighted by Crippen LogP contribution is -2.57. The van der Waals surface area contributed by atoms with Crippen molar-refractivity contribution in [3.05, 3.63) is 39.9 Å². The van der Waals surface area contributed by atoms with Crippen LogP contribution in [0.4, 0.5) is 5.69 Å². The van der Waals surface area contributed by atoms with Gasteiger partial charge in [-0.2, -0.15) is 0 Å². The van der Waals surface area contributed by atoms with Gasteiger partial charge in [0.25, 0.3) is 5.69 Å². The minimum atomic E-state index is -0.559. The standard InChI is InChI=1S/C15H21N3O3/c1-15(9-5-6-10-16-15)14(19)17(2)11-12-7-3-4-8-13(12)18(20)21/h3-4,7-8,16H,5-6,9-11H2,1-2H3. The van der Waals surface area contributed by atoms with Gasteiger partial charge in [-0.05, 0) is 32.7 Å². The van der Waals surface area contributed by atoms with Gasteiger partial charge in [0.1, 0.15) is 0 Å². The van der Waals surface area contributed by atoms with E-state index in [1.165, 1.54) is 6.07 Å². The van der Waals surface area contributed by atoms with Gasteiger partial charge in [0.15, 0.2) is 0 Å². The van der Waals surface area contributed by atoms with E-state index in [4.69, 9.17) is 0 Å². The van der Waals surface area contributed by atoms with E-state index in [1.54, 1.807) is 30.1 Å². The van der Waals surface area contributed by atoms with Crippen LogP contribution in [0.3, 0.4) is 0 Å². The molecule has 1 heterocycles. The molecule has 0 aromatic heterocycles. The molecule has 1 saturated heterocycles. The van der Waals surface area contributed by atoms with E-state index >= 15 is 0 Å². The summed E-state index contributed by atoms with van der Waals surface area (Å²) in [5, 5.41) is 14.3. The van der Waals surface area contributed by atoms with Crippen LogP contribution < -0.4 is 5.32 Å². The summed E-state index contributed by atoms with van der Waals surface area (Å²) in [5.41, 5.74) is 0.0491.